The highest BCUT2D eigenvalue weighted by Crippen LogP contribution is 2.31. The van der Waals surface area contributed by atoms with Crippen LogP contribution in [0.25, 0.3) is 0 Å². The minimum atomic E-state index is -1.12. The number of rotatable bonds is 6. The Hall–Kier alpha value is -1.63. The highest BCUT2D eigenvalue weighted by Gasteiger charge is 2.48. The molecule has 1 fully saturated rings. The summed E-state index contributed by atoms with van der Waals surface area (Å²) in [5, 5.41) is 11.9. The number of carboxylic acids is 1. The third-order valence-electron chi connectivity index (χ3n) is 3.82. The number of aliphatic carboxylic acids is 1. The average Bonchev–Trinajstić information content (AvgIpc) is 2.64. The molecule has 7 heteroatoms. The molecule has 24 heavy (non-hydrogen) atoms. The van der Waals surface area contributed by atoms with Crippen molar-refractivity contribution < 1.29 is 29.0 Å². The van der Waals surface area contributed by atoms with Crippen LogP contribution in [0.5, 0.6) is 0 Å². The molecule has 7 nitrogen and oxygen atoms in total. The van der Waals surface area contributed by atoms with Crippen LogP contribution >= 0.6 is 0 Å². The van der Waals surface area contributed by atoms with Crippen LogP contribution in [0.15, 0.2) is 0 Å². The second kappa shape index (κ2) is 7.09. The normalized spacial score (nSPS) is 22.8. The number of hydrogen-bond donors (Lipinski definition) is 2. The number of carbonyl (C=O) groups excluding carboxylic acids is 2. The molecule has 0 bridgehead atoms. The summed E-state index contributed by atoms with van der Waals surface area (Å²) >= 11 is 0. The van der Waals surface area contributed by atoms with Gasteiger partial charge in [0.2, 0.25) is 11.7 Å². The number of cyclic esters (lactones) is 1. The Morgan fingerprint density at radius 2 is 1.83 bits per heavy atom. The van der Waals surface area contributed by atoms with Crippen molar-refractivity contribution >= 4 is 17.8 Å². The van der Waals surface area contributed by atoms with Gasteiger partial charge >= 0.3 is 11.9 Å². The van der Waals surface area contributed by atoms with E-state index in [0.29, 0.717) is 6.42 Å². The van der Waals surface area contributed by atoms with E-state index in [0.717, 1.165) is 0 Å². The Balaban J connectivity index is 3.02. The fourth-order valence-corrected chi connectivity index (χ4v) is 2.70. The molecule has 3 atom stereocenters. The topological polar surface area (TPSA) is 102 Å². The summed E-state index contributed by atoms with van der Waals surface area (Å²) in [6, 6.07) is -1.06. The number of nitrogens with one attached hydrogen (secondary N) is 1. The first-order valence-electron chi connectivity index (χ1n) is 8.18. The van der Waals surface area contributed by atoms with Gasteiger partial charge in [0.25, 0.3) is 0 Å². The van der Waals surface area contributed by atoms with E-state index < -0.39 is 47.1 Å². The minimum absolute atomic E-state index is 0.124. The van der Waals surface area contributed by atoms with Crippen LogP contribution in [0.1, 0.15) is 54.9 Å². The van der Waals surface area contributed by atoms with Crippen molar-refractivity contribution in [1.82, 2.24) is 5.32 Å². The van der Waals surface area contributed by atoms with E-state index in [-0.39, 0.29) is 5.92 Å². The highest BCUT2D eigenvalue weighted by molar-refractivity contribution is 5.90. The zero-order valence-corrected chi connectivity index (χ0v) is 15.5. The number of carboxylic acid groups (broad SMARTS) is 1. The van der Waals surface area contributed by atoms with Crippen LogP contribution in [0.3, 0.4) is 0 Å². The van der Waals surface area contributed by atoms with E-state index >= 15 is 0 Å². The molecule has 138 valence electrons. The first kappa shape index (κ1) is 20.4. The van der Waals surface area contributed by atoms with Crippen LogP contribution in [0.2, 0.25) is 0 Å². The smallest absolute Gasteiger partial charge is 0.338 e. The minimum Gasteiger partial charge on any atom is -0.480 e. The average molecular weight is 343 g/mol. The van der Waals surface area contributed by atoms with Crippen LogP contribution in [0, 0.1) is 17.3 Å². The van der Waals surface area contributed by atoms with E-state index in [1.807, 2.05) is 13.8 Å². The molecule has 1 heterocycles. The van der Waals surface area contributed by atoms with Gasteiger partial charge in [0.05, 0.1) is 5.92 Å². The second-order valence-electron chi connectivity index (χ2n) is 8.24. The van der Waals surface area contributed by atoms with Crippen LogP contribution < -0.4 is 5.32 Å². The molecule has 1 rings (SSSR count). The van der Waals surface area contributed by atoms with Crippen LogP contribution in [-0.2, 0) is 23.9 Å². The molecule has 1 amide bonds. The van der Waals surface area contributed by atoms with Crippen LogP contribution in [0.4, 0.5) is 0 Å². The maximum atomic E-state index is 12.7. The van der Waals surface area contributed by atoms with Gasteiger partial charge in [0, 0.05) is 13.8 Å². The maximum Gasteiger partial charge on any atom is 0.338 e. The predicted molar refractivity (Wildman–Crippen MR) is 87.0 cm³/mol. The Morgan fingerprint density at radius 1 is 1.29 bits per heavy atom. The summed E-state index contributed by atoms with van der Waals surface area (Å²) in [6.45, 7) is 12.2. The third-order valence-corrected chi connectivity index (χ3v) is 3.82. The van der Waals surface area contributed by atoms with Gasteiger partial charge < -0.3 is 19.9 Å². The van der Waals surface area contributed by atoms with Crippen molar-refractivity contribution in [1.29, 1.82) is 0 Å². The van der Waals surface area contributed by atoms with Crippen molar-refractivity contribution in [3.63, 3.8) is 0 Å². The molecule has 1 aliphatic rings. The number of carbonyl (C=O) groups is 3. The lowest BCUT2D eigenvalue weighted by Gasteiger charge is -2.30. The monoisotopic (exact) mass is 343 g/mol. The van der Waals surface area contributed by atoms with E-state index in [1.54, 1.807) is 34.6 Å². The Morgan fingerprint density at radius 3 is 2.17 bits per heavy atom. The number of ether oxygens (including phenoxy) is 2. The molecule has 0 radical (unpaired) electrons. The first-order chi connectivity index (χ1) is 10.7. The molecule has 0 spiro atoms. The number of esters is 1. The van der Waals surface area contributed by atoms with E-state index in [2.05, 4.69) is 5.32 Å². The fourth-order valence-electron chi connectivity index (χ4n) is 2.70. The molecule has 2 N–H and O–H groups in total. The van der Waals surface area contributed by atoms with Gasteiger partial charge in [-0.25, -0.2) is 9.59 Å². The number of hydrogen-bond acceptors (Lipinski definition) is 5. The van der Waals surface area contributed by atoms with Crippen molar-refractivity contribution in [2.75, 3.05) is 0 Å². The molecule has 0 aromatic carbocycles. The van der Waals surface area contributed by atoms with Crippen molar-refractivity contribution in [2.45, 2.75) is 72.8 Å². The standard InChI is InChI=1S/C17H29NO6/c1-9(2)8-10(11-15(22)24-17(6,7)23-11)13(19)18-12(14(20)21)16(3,4)5/h9-12H,8H2,1-7H3,(H,18,19)(H,20,21)/t10-,11+,12?/m1/s1. The number of amides is 1. The van der Waals surface area contributed by atoms with Gasteiger partial charge in [-0.3, -0.25) is 4.79 Å². The largest absolute Gasteiger partial charge is 0.480 e. The Labute approximate surface area is 143 Å². The molecular formula is C17H29NO6. The van der Waals surface area contributed by atoms with E-state index in [1.165, 1.54) is 0 Å². The van der Waals surface area contributed by atoms with Crippen LogP contribution in [-0.4, -0.2) is 40.9 Å². The first-order valence-corrected chi connectivity index (χ1v) is 8.18. The molecule has 1 aliphatic heterocycles. The van der Waals surface area contributed by atoms with Gasteiger partial charge in [0.15, 0.2) is 6.10 Å². The Bertz CT molecular complexity index is 506. The van der Waals surface area contributed by atoms with Crippen molar-refractivity contribution in [2.24, 2.45) is 17.3 Å². The summed E-state index contributed by atoms with van der Waals surface area (Å²) in [7, 11) is 0. The SMILES string of the molecule is CC(C)C[C@@H](C(=O)NC(C(=O)O)C(C)(C)C)[C@@H]1OC(C)(C)OC1=O. The maximum absolute atomic E-state index is 12.7. The van der Waals surface area contributed by atoms with Gasteiger partial charge in [-0.1, -0.05) is 34.6 Å². The van der Waals surface area contributed by atoms with Gasteiger partial charge in [0.1, 0.15) is 6.04 Å². The summed E-state index contributed by atoms with van der Waals surface area (Å²) in [6.07, 6.45) is -0.644. The lowest BCUT2D eigenvalue weighted by Crippen LogP contribution is -2.53. The molecule has 1 unspecified atom stereocenters. The molecule has 0 aromatic rings. The molecule has 1 saturated heterocycles. The quantitative estimate of drug-likeness (QED) is 0.715. The van der Waals surface area contributed by atoms with Gasteiger partial charge in [-0.2, -0.15) is 0 Å². The van der Waals surface area contributed by atoms with E-state index in [9.17, 15) is 19.5 Å². The zero-order chi connectivity index (χ0) is 18.9. The van der Waals surface area contributed by atoms with Gasteiger partial charge in [-0.05, 0) is 17.8 Å². The highest BCUT2D eigenvalue weighted by atomic mass is 16.8. The third kappa shape index (κ3) is 5.19. The van der Waals surface area contributed by atoms with Crippen molar-refractivity contribution in [3.8, 4) is 0 Å². The fraction of sp³-hybridized carbons (Fsp3) is 0.824. The van der Waals surface area contributed by atoms with Gasteiger partial charge in [-0.15, -0.1) is 0 Å². The second-order valence-corrected chi connectivity index (χ2v) is 8.24. The molecule has 0 aliphatic carbocycles. The molecular weight excluding hydrogens is 314 g/mol. The summed E-state index contributed by atoms with van der Waals surface area (Å²) in [5.74, 6) is -3.99. The lowest BCUT2D eigenvalue weighted by atomic mass is 9.85. The lowest BCUT2D eigenvalue weighted by molar-refractivity contribution is -0.162. The van der Waals surface area contributed by atoms with Crippen molar-refractivity contribution in [3.05, 3.63) is 0 Å². The molecule has 0 aromatic heterocycles. The summed E-state index contributed by atoms with van der Waals surface area (Å²) in [5.41, 5.74) is -0.666. The predicted octanol–water partition coefficient (Wildman–Crippen LogP) is 1.94. The van der Waals surface area contributed by atoms with E-state index in [4.69, 9.17) is 9.47 Å². The summed E-state index contributed by atoms with van der Waals surface area (Å²) < 4.78 is 10.7. The summed E-state index contributed by atoms with van der Waals surface area (Å²) in [4.78, 5) is 36.3. The molecule has 0 saturated carbocycles. The zero-order valence-electron chi connectivity index (χ0n) is 15.5. The Kier molecular flexibility index (Phi) is 6.03.